The number of hydrogen-bond donors (Lipinski definition) is 1. The summed E-state index contributed by atoms with van der Waals surface area (Å²) in [5, 5.41) is 7.60. The SMILES string of the molecule is CCc1cc(F)cc2c1NC(=O)[C@@H](CCCCC(=O)c1cc3n(n1)CCOC3c1ccccc1)CC2. The number of aryl methyl sites for hydroxylation is 2. The van der Waals surface area contributed by atoms with Gasteiger partial charge in [0, 0.05) is 18.0 Å². The molecule has 5 rings (SSSR count). The number of nitrogens with one attached hydrogen (secondary N) is 1. The van der Waals surface area contributed by atoms with Crippen molar-refractivity contribution in [3.05, 3.63) is 82.4 Å². The molecule has 2 aromatic carbocycles. The van der Waals surface area contributed by atoms with Crippen LogP contribution in [-0.2, 0) is 28.9 Å². The predicted molar refractivity (Wildman–Crippen MR) is 135 cm³/mol. The Labute approximate surface area is 210 Å². The molecule has 3 heterocycles. The van der Waals surface area contributed by atoms with Gasteiger partial charge in [0.15, 0.2) is 5.78 Å². The number of fused-ring (bicyclic) bond motifs is 2. The fourth-order valence-corrected chi connectivity index (χ4v) is 5.32. The molecule has 0 bridgehead atoms. The second-order valence-electron chi connectivity index (χ2n) is 9.69. The number of nitrogens with zero attached hydrogens (tertiary/aromatic N) is 2. The van der Waals surface area contributed by atoms with E-state index >= 15 is 0 Å². The van der Waals surface area contributed by atoms with Gasteiger partial charge in [-0.3, -0.25) is 14.3 Å². The van der Waals surface area contributed by atoms with Crippen LogP contribution in [0, 0.1) is 11.7 Å². The molecule has 0 fully saturated rings. The molecule has 0 saturated carbocycles. The van der Waals surface area contributed by atoms with Crippen LogP contribution in [-0.4, -0.2) is 28.1 Å². The molecule has 1 aromatic heterocycles. The minimum absolute atomic E-state index is 0.00452. The van der Waals surface area contributed by atoms with Crippen LogP contribution in [0.25, 0.3) is 0 Å². The summed E-state index contributed by atoms with van der Waals surface area (Å²) in [6.45, 7) is 3.16. The number of ketones is 1. The number of hydrogen-bond acceptors (Lipinski definition) is 4. The zero-order valence-electron chi connectivity index (χ0n) is 20.6. The summed E-state index contributed by atoms with van der Waals surface area (Å²) >= 11 is 0. The molecular weight excluding hydrogens is 457 g/mol. The molecule has 188 valence electrons. The third-order valence-corrected chi connectivity index (χ3v) is 7.29. The summed E-state index contributed by atoms with van der Waals surface area (Å²) in [6.07, 6.45) is 4.40. The van der Waals surface area contributed by atoms with Gasteiger partial charge in [-0.25, -0.2) is 4.39 Å². The van der Waals surface area contributed by atoms with Crippen molar-refractivity contribution < 1.29 is 18.7 Å². The maximum absolute atomic E-state index is 14.0. The standard InChI is InChI=1S/C29H32FN3O3/c1-2-19-16-23(30)17-22-13-12-21(29(35)31-27(19)22)10-6-7-11-26(34)24-18-25-28(20-8-4-3-5-9-20)36-15-14-33(25)32-24/h3-5,8-9,16-18,21,28H,2,6-7,10-15H2,1H3,(H,31,35)/t21-,28?/m0/s1. The van der Waals surface area contributed by atoms with Crippen LogP contribution >= 0.6 is 0 Å². The van der Waals surface area contributed by atoms with Gasteiger partial charge < -0.3 is 10.1 Å². The number of halogens is 1. The van der Waals surface area contributed by atoms with Crippen molar-refractivity contribution in [2.24, 2.45) is 5.92 Å². The Hall–Kier alpha value is -3.32. The highest BCUT2D eigenvalue weighted by Gasteiger charge is 2.27. The average Bonchev–Trinajstić information content (AvgIpc) is 3.27. The van der Waals surface area contributed by atoms with Gasteiger partial charge in [0.25, 0.3) is 0 Å². The number of rotatable bonds is 8. The molecule has 0 saturated heterocycles. The second kappa shape index (κ2) is 10.7. The van der Waals surface area contributed by atoms with Gasteiger partial charge in [0.05, 0.1) is 18.8 Å². The van der Waals surface area contributed by atoms with E-state index in [4.69, 9.17) is 4.74 Å². The van der Waals surface area contributed by atoms with Gasteiger partial charge in [-0.05, 0) is 67.0 Å². The first kappa shape index (κ1) is 24.4. The van der Waals surface area contributed by atoms with Crippen molar-refractivity contribution >= 4 is 17.4 Å². The summed E-state index contributed by atoms with van der Waals surface area (Å²) in [6, 6.07) is 14.9. The summed E-state index contributed by atoms with van der Waals surface area (Å²) in [7, 11) is 0. The van der Waals surface area contributed by atoms with Crippen LogP contribution < -0.4 is 5.32 Å². The molecular formula is C29H32FN3O3. The summed E-state index contributed by atoms with van der Waals surface area (Å²) in [4.78, 5) is 25.7. The summed E-state index contributed by atoms with van der Waals surface area (Å²) < 4.78 is 21.8. The number of anilines is 1. The van der Waals surface area contributed by atoms with Crippen LogP contribution in [0.3, 0.4) is 0 Å². The third kappa shape index (κ3) is 5.12. The highest BCUT2D eigenvalue weighted by atomic mass is 19.1. The van der Waals surface area contributed by atoms with E-state index in [1.54, 1.807) is 0 Å². The smallest absolute Gasteiger partial charge is 0.227 e. The number of aromatic nitrogens is 2. The van der Waals surface area contributed by atoms with Crippen LogP contribution in [0.15, 0.2) is 48.5 Å². The minimum Gasteiger partial charge on any atom is -0.365 e. The Kier molecular flexibility index (Phi) is 7.28. The van der Waals surface area contributed by atoms with Crippen molar-refractivity contribution in [2.75, 3.05) is 11.9 Å². The Morgan fingerprint density at radius 1 is 1.19 bits per heavy atom. The molecule has 1 unspecified atom stereocenters. The molecule has 0 radical (unpaired) electrons. The van der Waals surface area contributed by atoms with Crippen molar-refractivity contribution in [1.82, 2.24) is 9.78 Å². The van der Waals surface area contributed by atoms with E-state index in [-0.39, 0.29) is 29.5 Å². The van der Waals surface area contributed by atoms with Gasteiger partial charge >= 0.3 is 0 Å². The zero-order chi connectivity index (χ0) is 25.1. The fraction of sp³-hybridized carbons (Fsp3) is 0.414. The van der Waals surface area contributed by atoms with Crippen molar-refractivity contribution in [1.29, 1.82) is 0 Å². The number of amides is 1. The molecule has 3 aromatic rings. The van der Waals surface area contributed by atoms with E-state index in [0.29, 0.717) is 57.4 Å². The van der Waals surface area contributed by atoms with Crippen molar-refractivity contribution in [2.45, 2.75) is 64.5 Å². The molecule has 0 spiro atoms. The van der Waals surface area contributed by atoms with Crippen LogP contribution in [0.2, 0.25) is 0 Å². The largest absolute Gasteiger partial charge is 0.365 e. The Bertz CT molecular complexity index is 1250. The number of Topliss-reactive ketones (excluding diaryl/α,β-unsaturated/α-hetero) is 1. The molecule has 7 heteroatoms. The fourth-order valence-electron chi connectivity index (χ4n) is 5.32. The second-order valence-corrected chi connectivity index (χ2v) is 9.69. The number of ether oxygens (including phenoxy) is 1. The lowest BCUT2D eigenvalue weighted by Crippen LogP contribution is -2.22. The van der Waals surface area contributed by atoms with Crippen LogP contribution in [0.1, 0.15) is 78.0 Å². The van der Waals surface area contributed by atoms with Crippen molar-refractivity contribution in [3.8, 4) is 0 Å². The number of carbonyl (C=O) groups excluding carboxylic acids is 2. The molecule has 1 amide bonds. The van der Waals surface area contributed by atoms with Crippen LogP contribution in [0.5, 0.6) is 0 Å². The molecule has 2 atom stereocenters. The van der Waals surface area contributed by atoms with Gasteiger partial charge in [0.1, 0.15) is 17.6 Å². The molecule has 6 nitrogen and oxygen atoms in total. The molecule has 36 heavy (non-hydrogen) atoms. The van der Waals surface area contributed by atoms with E-state index < -0.39 is 0 Å². The summed E-state index contributed by atoms with van der Waals surface area (Å²) in [5.74, 6) is -0.372. The van der Waals surface area contributed by atoms with Gasteiger partial charge in [-0.15, -0.1) is 0 Å². The van der Waals surface area contributed by atoms with E-state index in [2.05, 4.69) is 10.4 Å². The van der Waals surface area contributed by atoms with E-state index in [9.17, 15) is 14.0 Å². The maximum atomic E-state index is 14.0. The lowest BCUT2D eigenvalue weighted by molar-refractivity contribution is -0.120. The molecule has 2 aliphatic rings. The van der Waals surface area contributed by atoms with E-state index in [0.717, 1.165) is 34.5 Å². The molecule has 2 aliphatic heterocycles. The summed E-state index contributed by atoms with van der Waals surface area (Å²) in [5.41, 5.74) is 4.94. The Morgan fingerprint density at radius 3 is 2.83 bits per heavy atom. The number of benzene rings is 2. The number of carbonyl (C=O) groups is 2. The predicted octanol–water partition coefficient (Wildman–Crippen LogP) is 5.65. The van der Waals surface area contributed by atoms with E-state index in [1.165, 1.54) is 12.1 Å². The topological polar surface area (TPSA) is 73.2 Å². The molecule has 0 aliphatic carbocycles. The van der Waals surface area contributed by atoms with Gasteiger partial charge in [-0.2, -0.15) is 5.10 Å². The first-order chi connectivity index (χ1) is 17.5. The first-order valence-electron chi connectivity index (χ1n) is 12.9. The highest BCUT2D eigenvalue weighted by molar-refractivity contribution is 5.95. The first-order valence-corrected chi connectivity index (χ1v) is 12.9. The Morgan fingerprint density at radius 2 is 2.03 bits per heavy atom. The zero-order valence-corrected chi connectivity index (χ0v) is 20.6. The lowest BCUT2D eigenvalue weighted by atomic mass is 9.94. The number of unbranched alkanes of at least 4 members (excludes halogenated alkanes) is 1. The average molecular weight is 490 g/mol. The maximum Gasteiger partial charge on any atom is 0.227 e. The molecule has 1 N–H and O–H groups in total. The van der Waals surface area contributed by atoms with Gasteiger partial charge in [-0.1, -0.05) is 43.7 Å². The Balaban J connectivity index is 1.16. The third-order valence-electron chi connectivity index (χ3n) is 7.29. The lowest BCUT2D eigenvalue weighted by Gasteiger charge is -2.24. The van der Waals surface area contributed by atoms with E-state index in [1.807, 2.05) is 48.0 Å². The quantitative estimate of drug-likeness (QED) is 0.328. The van der Waals surface area contributed by atoms with Gasteiger partial charge in [0.2, 0.25) is 5.91 Å². The highest BCUT2D eigenvalue weighted by Crippen LogP contribution is 2.32. The van der Waals surface area contributed by atoms with Crippen LogP contribution in [0.4, 0.5) is 10.1 Å². The minimum atomic E-state index is -0.251. The van der Waals surface area contributed by atoms with Crippen molar-refractivity contribution in [3.63, 3.8) is 0 Å². The normalized spacial score (nSPS) is 19.2. The monoisotopic (exact) mass is 489 g/mol.